The van der Waals surface area contributed by atoms with Crippen LogP contribution in [0.25, 0.3) is 6.08 Å². The normalized spacial score (nSPS) is 37.1. The van der Waals surface area contributed by atoms with E-state index in [-0.39, 0.29) is 54.6 Å². The Bertz CT molecular complexity index is 1780. The molecule has 0 radical (unpaired) electrons. The first-order valence-electron chi connectivity index (χ1n) is 23.6. The first-order valence-corrected chi connectivity index (χ1v) is 23.6. The predicted octanol–water partition coefficient (Wildman–Crippen LogP) is 7.55. The van der Waals surface area contributed by atoms with Crippen molar-refractivity contribution in [3.63, 3.8) is 0 Å². The Morgan fingerprint density at radius 1 is 0.952 bits per heavy atom. The lowest BCUT2D eigenvalue weighted by Crippen LogP contribution is -2.64. The van der Waals surface area contributed by atoms with E-state index in [9.17, 15) is 24.3 Å². The highest BCUT2D eigenvalue weighted by atomic mass is 16.7. The van der Waals surface area contributed by atoms with Crippen LogP contribution in [-0.4, -0.2) is 109 Å². The minimum Gasteiger partial charge on any atom is -0.456 e. The molecular weight excluding hydrogens is 801 g/mol. The van der Waals surface area contributed by atoms with Gasteiger partial charge in [0, 0.05) is 45.1 Å². The van der Waals surface area contributed by atoms with Gasteiger partial charge in [0.05, 0.1) is 24.9 Å². The van der Waals surface area contributed by atoms with Crippen LogP contribution in [0, 0.1) is 29.6 Å². The van der Waals surface area contributed by atoms with Crippen LogP contribution in [0.5, 0.6) is 0 Å². The van der Waals surface area contributed by atoms with Gasteiger partial charge in [-0.05, 0) is 113 Å². The number of allylic oxidation sites excluding steroid dienone is 3. The number of methoxy groups -OCH3 is 2. The van der Waals surface area contributed by atoms with Crippen molar-refractivity contribution in [3.05, 3.63) is 65.3 Å². The number of aliphatic hydroxyl groups is 1. The second kappa shape index (κ2) is 23.6. The van der Waals surface area contributed by atoms with Gasteiger partial charge in [-0.15, -0.1) is 0 Å². The van der Waals surface area contributed by atoms with Crippen molar-refractivity contribution >= 4 is 29.5 Å². The van der Waals surface area contributed by atoms with Crippen LogP contribution < -0.4 is 5.73 Å². The van der Waals surface area contributed by atoms with Gasteiger partial charge >= 0.3 is 5.97 Å². The van der Waals surface area contributed by atoms with Gasteiger partial charge in [0.15, 0.2) is 0 Å². The summed E-state index contributed by atoms with van der Waals surface area (Å²) in [6, 6.07) is 8.92. The lowest BCUT2D eigenvalue weighted by Gasteiger charge is -2.47. The first kappa shape index (κ1) is 50.5. The molecule has 1 aliphatic carbocycles. The zero-order valence-corrected chi connectivity index (χ0v) is 39.2. The summed E-state index contributed by atoms with van der Waals surface area (Å²) in [4.78, 5) is 58.3. The Labute approximate surface area is 376 Å². The monoisotopic (exact) mass is 877 g/mol. The molecule has 13 atom stereocenters. The highest BCUT2D eigenvalue weighted by Gasteiger charge is 2.56. The molecule has 3 fully saturated rings. The minimum absolute atomic E-state index is 0.0878. The summed E-state index contributed by atoms with van der Waals surface area (Å²) in [7, 11) is 3.12. The van der Waals surface area contributed by atoms with E-state index in [4.69, 9.17) is 29.4 Å². The van der Waals surface area contributed by atoms with E-state index in [2.05, 4.69) is 19.1 Å². The van der Waals surface area contributed by atoms with E-state index >= 15 is 0 Å². The fourth-order valence-electron chi connectivity index (χ4n) is 10.3. The summed E-state index contributed by atoms with van der Waals surface area (Å²) < 4.78 is 30.9. The number of benzene rings is 1. The van der Waals surface area contributed by atoms with Gasteiger partial charge < -0.3 is 39.4 Å². The number of fused-ring (bicyclic) bond motifs is 3. The van der Waals surface area contributed by atoms with E-state index in [1.54, 1.807) is 21.1 Å². The number of amides is 1. The number of nitrogens with zero attached hydrogens (tertiary/aromatic N) is 1. The molecule has 2 saturated heterocycles. The van der Waals surface area contributed by atoms with Gasteiger partial charge in [0.25, 0.3) is 11.7 Å². The average molecular weight is 877 g/mol. The number of ether oxygens (including phenoxy) is 5. The molecule has 350 valence electrons. The molecule has 3 heterocycles. The number of carbonyl (C=O) groups excluding carboxylic acids is 4. The van der Waals surface area contributed by atoms with Gasteiger partial charge in [0.1, 0.15) is 24.0 Å². The number of rotatable bonds is 9. The number of carbonyl (C=O) groups is 4. The zero-order valence-electron chi connectivity index (χ0n) is 39.2. The maximum atomic E-state index is 14.5. The zero-order chi connectivity index (χ0) is 45.8. The number of piperidine rings is 1. The van der Waals surface area contributed by atoms with Crippen molar-refractivity contribution in [1.29, 1.82) is 0 Å². The van der Waals surface area contributed by atoms with Crippen LogP contribution in [0.4, 0.5) is 0 Å². The molecule has 0 aromatic heterocycles. The summed E-state index contributed by atoms with van der Waals surface area (Å²) in [5.74, 6) is -6.13. The lowest BCUT2D eigenvalue weighted by molar-refractivity contribution is -0.302. The van der Waals surface area contributed by atoms with Crippen molar-refractivity contribution in [2.24, 2.45) is 35.3 Å². The molecule has 5 rings (SSSR count). The highest BCUT2D eigenvalue weighted by molar-refractivity contribution is 6.39. The number of hydrogen-bond acceptors (Lipinski definition) is 11. The second-order valence-electron chi connectivity index (χ2n) is 19.0. The molecule has 2 bridgehead atoms. The number of Topliss-reactive ketones (excluding diaryl/α,β-unsaturated/α-hetero) is 2. The number of esters is 1. The van der Waals surface area contributed by atoms with Crippen LogP contribution in [-0.2, 0) is 42.9 Å². The van der Waals surface area contributed by atoms with Crippen LogP contribution in [0.15, 0.2) is 59.7 Å². The second-order valence-corrected chi connectivity index (χ2v) is 19.0. The third-order valence-electron chi connectivity index (χ3n) is 14.1. The molecule has 1 amide bonds. The van der Waals surface area contributed by atoms with Crippen LogP contribution >= 0.6 is 0 Å². The minimum atomic E-state index is -2.47. The maximum absolute atomic E-state index is 14.5. The molecule has 1 aromatic carbocycles. The molecule has 13 unspecified atom stereocenters. The Morgan fingerprint density at radius 3 is 2.37 bits per heavy atom. The van der Waals surface area contributed by atoms with Crippen molar-refractivity contribution in [2.75, 3.05) is 27.4 Å². The third-order valence-corrected chi connectivity index (χ3v) is 14.1. The molecule has 63 heavy (non-hydrogen) atoms. The van der Waals surface area contributed by atoms with E-state index in [1.807, 2.05) is 70.2 Å². The van der Waals surface area contributed by atoms with Crippen LogP contribution in [0.2, 0.25) is 0 Å². The quantitative estimate of drug-likeness (QED) is 0.143. The highest BCUT2D eigenvalue weighted by Crippen LogP contribution is 2.39. The molecule has 12 nitrogen and oxygen atoms in total. The van der Waals surface area contributed by atoms with Crippen molar-refractivity contribution in [1.82, 2.24) is 4.90 Å². The maximum Gasteiger partial charge on any atom is 0.329 e. The molecule has 4 aliphatic rings. The van der Waals surface area contributed by atoms with Crippen molar-refractivity contribution in [2.45, 2.75) is 167 Å². The van der Waals surface area contributed by atoms with Gasteiger partial charge in [-0.25, -0.2) is 4.79 Å². The predicted molar refractivity (Wildman–Crippen MR) is 243 cm³/mol. The van der Waals surface area contributed by atoms with Gasteiger partial charge in [-0.3, -0.25) is 14.4 Å². The fourth-order valence-corrected chi connectivity index (χ4v) is 10.3. The SMILES string of the molecule is CCC1/C=C(\C)CC(C)CC(OC)C2OC(O)(C(=O)C(=O)N3CCCCC3C(=O)OC(C(C)=CC3CCC(N)C(OCC=Cc4ccccc4)C3)C(C)CCC1=O)C(C)CC2OC. The molecule has 3 N–H and O–H groups in total. The molecule has 12 heteroatoms. The standard InChI is InChI=1S/C51H76N2O10/c1-9-39-27-32(2)26-33(3)28-44(59-7)47-45(60-8)30-36(6)51(58,63-47)48(55)49(56)53-24-14-13-19-41(53)50(57)62-46(34(4)20-23-42(39)54)35(5)29-38-21-22-40(52)43(31-38)61-25-15-18-37-16-11-10-12-17-37/h10-12,15-18,27,29,33-34,36,38-41,43-47,58H,9,13-14,19-26,28,30-31,52H2,1-8H3/b18-15?,32-27+,35-29?. The summed E-state index contributed by atoms with van der Waals surface area (Å²) in [5.41, 5.74) is 9.61. The summed E-state index contributed by atoms with van der Waals surface area (Å²) in [6.45, 7) is 12.4. The van der Waals surface area contributed by atoms with Gasteiger partial charge in [-0.1, -0.05) is 87.9 Å². The number of cyclic esters (lactones) is 1. The third kappa shape index (κ3) is 13.1. The Balaban J connectivity index is 1.44. The Kier molecular flexibility index (Phi) is 18.9. The molecule has 0 spiro atoms. The van der Waals surface area contributed by atoms with E-state index in [0.29, 0.717) is 64.4 Å². The van der Waals surface area contributed by atoms with Gasteiger partial charge in [0.2, 0.25) is 5.79 Å². The van der Waals surface area contributed by atoms with E-state index in [1.165, 1.54) is 4.90 Å². The number of hydrogen-bond donors (Lipinski definition) is 2. The summed E-state index contributed by atoms with van der Waals surface area (Å²) in [6.07, 6.45) is 12.3. The molecule has 1 saturated carbocycles. The number of ketones is 2. The van der Waals surface area contributed by atoms with E-state index in [0.717, 1.165) is 29.6 Å². The number of nitrogens with two attached hydrogens (primary N) is 1. The first-order chi connectivity index (χ1) is 30.1. The van der Waals surface area contributed by atoms with Crippen molar-refractivity contribution in [3.8, 4) is 0 Å². The topological polar surface area (TPSA) is 164 Å². The molecule has 1 aromatic rings. The van der Waals surface area contributed by atoms with E-state index < -0.39 is 59.8 Å². The fraction of sp³-hybridized carbons (Fsp3) is 0.686. The molecular formula is C51H76N2O10. The summed E-state index contributed by atoms with van der Waals surface area (Å²) >= 11 is 0. The van der Waals surface area contributed by atoms with Crippen LogP contribution in [0.3, 0.4) is 0 Å². The summed E-state index contributed by atoms with van der Waals surface area (Å²) in [5, 5.41) is 12.1. The van der Waals surface area contributed by atoms with Crippen LogP contribution in [0.1, 0.15) is 124 Å². The average Bonchev–Trinajstić information content (AvgIpc) is 3.28. The Hall–Kier alpha value is -3.52. The Morgan fingerprint density at radius 2 is 1.67 bits per heavy atom. The molecule has 3 aliphatic heterocycles. The van der Waals surface area contributed by atoms with Gasteiger partial charge in [-0.2, -0.15) is 0 Å². The lowest BCUT2D eigenvalue weighted by atomic mass is 9.81. The smallest absolute Gasteiger partial charge is 0.329 e. The largest absolute Gasteiger partial charge is 0.456 e. The van der Waals surface area contributed by atoms with Crippen molar-refractivity contribution < 1.29 is 48.0 Å².